The number of carbonyl (C=O) groups excluding carboxylic acids is 4. The highest BCUT2D eigenvalue weighted by molar-refractivity contribution is 8.13. The van der Waals surface area contributed by atoms with Crippen LogP contribution in [0, 0.1) is 0 Å². The summed E-state index contributed by atoms with van der Waals surface area (Å²) in [5.41, 5.74) is -1.43. The average Bonchev–Trinajstić information content (AvgIpc) is 2.99. The zero-order valence-corrected chi connectivity index (χ0v) is 40.0. The molecule has 52 heavy (non-hydrogen) atoms. The van der Waals surface area contributed by atoms with Crippen LogP contribution in [0.4, 0.5) is 0 Å². The number of ether oxygens (including phenoxy) is 4. The van der Waals surface area contributed by atoms with E-state index in [2.05, 4.69) is 8.83 Å². The Morgan fingerprint density at radius 3 is 1.33 bits per heavy atom. The fourth-order valence-electron chi connectivity index (χ4n) is 3.41. The fraction of sp³-hybridized carbons (Fsp3) is 0.889. The summed E-state index contributed by atoms with van der Waals surface area (Å²) in [6.07, 6.45) is 0.967. The molecule has 0 heterocycles. The van der Waals surface area contributed by atoms with E-state index in [9.17, 15) is 28.3 Å². The van der Waals surface area contributed by atoms with Gasteiger partial charge in [-0.2, -0.15) is 0 Å². The molecule has 1 atom stereocenters. The lowest BCUT2D eigenvalue weighted by atomic mass is 10.0. The molecule has 0 aromatic heterocycles. The lowest BCUT2D eigenvalue weighted by Crippen LogP contribution is -2.40. The molecule has 0 aliphatic carbocycles. The number of hydrogen-bond acceptors (Lipinski definition) is 14. The molecule has 0 rings (SSSR count). The number of hydrogen-bond donors (Lipinski definition) is 0. The minimum Gasteiger partial charge on any atom is -0.378 e. The van der Waals surface area contributed by atoms with Crippen LogP contribution in [0.5, 0.6) is 0 Å². The Balaban J connectivity index is -0.0000000870. The highest BCUT2D eigenvalue weighted by Gasteiger charge is 2.30. The highest BCUT2D eigenvalue weighted by Crippen LogP contribution is 2.57. The molecule has 12 nitrogen and oxygen atoms in total. The van der Waals surface area contributed by atoms with Crippen LogP contribution in [0.3, 0.4) is 0 Å². The van der Waals surface area contributed by atoms with Crippen LogP contribution in [0.25, 0.3) is 0 Å². The minimum absolute atomic E-state index is 0.0624. The monoisotopic (exact) mass is 839 g/mol. The van der Waals surface area contributed by atoms with Gasteiger partial charge in [0.25, 0.3) is 0 Å². The summed E-state index contributed by atoms with van der Waals surface area (Å²) >= 11 is 2.51. The largest absolute Gasteiger partial charge is 0.378 e. The van der Waals surface area contributed by atoms with Crippen molar-refractivity contribution >= 4 is 60.3 Å². The second-order valence-electron chi connectivity index (χ2n) is 15.7. The van der Waals surface area contributed by atoms with Crippen molar-refractivity contribution in [3.63, 3.8) is 0 Å². The zero-order valence-electron chi connectivity index (χ0n) is 42.6. The van der Waals surface area contributed by atoms with Crippen LogP contribution >= 0.6 is 38.5 Å². The van der Waals surface area contributed by atoms with Crippen molar-refractivity contribution in [1.29, 1.82) is 0 Å². The zero-order chi connectivity index (χ0) is 48.9. The molecule has 0 fully saturated rings. The molecule has 0 amide bonds. The molecule has 16 heteroatoms. The number of carbonyl (C=O) groups is 4. The summed E-state index contributed by atoms with van der Waals surface area (Å²) < 4.78 is 82.6. The van der Waals surface area contributed by atoms with Crippen LogP contribution in [0.1, 0.15) is 140 Å². The van der Waals surface area contributed by atoms with Crippen LogP contribution < -0.4 is 0 Å². The second kappa shape index (κ2) is 28.9. The van der Waals surface area contributed by atoms with Crippen molar-refractivity contribution in [1.82, 2.24) is 0 Å². The molecule has 0 aromatic rings. The van der Waals surface area contributed by atoms with E-state index in [-0.39, 0.29) is 50.8 Å². The van der Waals surface area contributed by atoms with Crippen molar-refractivity contribution in [2.75, 3.05) is 45.4 Å². The maximum atomic E-state index is 11.0. The summed E-state index contributed by atoms with van der Waals surface area (Å²) in [6, 6.07) is 0. The van der Waals surface area contributed by atoms with Gasteiger partial charge >= 0.3 is 7.60 Å². The molecule has 0 saturated heterocycles. The third-order valence-electron chi connectivity index (χ3n) is 4.85. The number of Topliss-reactive ketones (excluding diaryl/α,β-unsaturated/α-hetero) is 2. The highest BCUT2D eigenvalue weighted by atomic mass is 32.2. The Hall–Kier alpha value is -0.400. The SMILES string of the molecule is CC(=O)C(C)(C)OC(C)(C)C.CC(=O)CC(C)(C)OC(C)(C)C.CC(=O)SCCOC(C)C.CC(=O)SCOC(C)C.COP(C)(=O)OP(C)(C)=O.[2H][2H].[2H][2H].[2H][2H]. The molecule has 0 spiro atoms. The molecule has 1 unspecified atom stereocenters. The molecule has 0 bridgehead atoms. The van der Waals surface area contributed by atoms with Crippen LogP contribution in [0.15, 0.2) is 0 Å². The number of rotatable bonds is 15. The molecule has 0 aromatic carbocycles. The molecule has 0 radical (unpaired) electrons. The Kier molecular flexibility index (Phi) is 29.9. The van der Waals surface area contributed by atoms with E-state index in [1.807, 2.05) is 83.1 Å². The Morgan fingerprint density at radius 1 is 0.692 bits per heavy atom. The van der Waals surface area contributed by atoms with Crippen LogP contribution in [0.2, 0.25) is 0 Å². The van der Waals surface area contributed by atoms with Crippen LogP contribution in [-0.4, -0.2) is 102 Å². The van der Waals surface area contributed by atoms with E-state index in [1.165, 1.54) is 57.6 Å². The lowest BCUT2D eigenvalue weighted by molar-refractivity contribution is -0.155. The predicted octanol–water partition coefficient (Wildman–Crippen LogP) is 10.8. The summed E-state index contributed by atoms with van der Waals surface area (Å²) in [4.78, 5) is 42.6. The van der Waals surface area contributed by atoms with E-state index in [1.54, 1.807) is 34.6 Å². The van der Waals surface area contributed by atoms with Gasteiger partial charge in [-0.15, -0.1) is 0 Å². The van der Waals surface area contributed by atoms with Gasteiger partial charge in [0, 0.05) is 62.0 Å². The lowest BCUT2D eigenvalue weighted by Gasteiger charge is -2.33. The first kappa shape index (κ1) is 53.7. The third-order valence-corrected chi connectivity index (χ3v) is 9.71. The summed E-state index contributed by atoms with van der Waals surface area (Å²) in [7, 11) is -4.49. The molecule has 320 valence electrons. The standard InChI is InChI=1S/C10H20O2.C9H18O2.C7H14O2S.C6H12O2S.C4H12O4P2.3H2/c1-8(11)7-10(5,6)12-9(2,3)4;1-7(10)9(5,6)11-8(2,3)4;1-6(2)9-4-5-10-7(3)8;1-5(2)8-4-9-6(3)7;1-7-10(4,6)8-9(2,3)5;;;/h7H2,1-6H3;1-6H3;6H,4-5H2,1-3H3;5H,4H2,1-3H3;1-4H3;3*1H/i;;;;;3*1+1D. The predicted molar refractivity (Wildman–Crippen MR) is 227 cm³/mol. The third kappa shape index (κ3) is 58.9. The van der Waals surface area contributed by atoms with Crippen molar-refractivity contribution < 1.29 is 65.0 Å². The Bertz CT molecular complexity index is 1130. The fourth-order valence-corrected chi connectivity index (χ4v) is 7.51. The topological polar surface area (TPSA) is 158 Å². The normalized spacial score (nSPS) is 13.6. The molecule has 0 aliphatic rings. The van der Waals surface area contributed by atoms with Gasteiger partial charge in [-0.3, -0.25) is 32.6 Å². The first-order valence-corrected chi connectivity index (χ1v) is 23.6. The quantitative estimate of drug-likeness (QED) is 0.0871. The van der Waals surface area contributed by atoms with Gasteiger partial charge in [0.05, 0.1) is 41.6 Å². The van der Waals surface area contributed by atoms with E-state index < -0.39 is 20.6 Å². The minimum atomic E-state index is -3.06. The van der Waals surface area contributed by atoms with Gasteiger partial charge in [-0.05, 0) is 111 Å². The molecule has 0 N–H and O–H groups in total. The first-order valence-electron chi connectivity index (χ1n) is 20.1. The van der Waals surface area contributed by atoms with Gasteiger partial charge in [-0.1, -0.05) is 23.5 Å². The Morgan fingerprint density at radius 2 is 1.10 bits per heavy atom. The molecule has 0 saturated carbocycles. The van der Waals surface area contributed by atoms with Crippen molar-refractivity contribution in [2.45, 2.75) is 166 Å². The summed E-state index contributed by atoms with van der Waals surface area (Å²) in [5, 5.41) is 0.267. The van der Waals surface area contributed by atoms with Gasteiger partial charge in [0.15, 0.2) is 16.0 Å². The van der Waals surface area contributed by atoms with E-state index in [0.29, 0.717) is 19.0 Å². The summed E-state index contributed by atoms with van der Waals surface area (Å²) in [5.74, 6) is 1.48. The van der Waals surface area contributed by atoms with Gasteiger partial charge in [-0.25, -0.2) is 0 Å². The average molecular weight is 839 g/mol. The van der Waals surface area contributed by atoms with E-state index >= 15 is 0 Å². The van der Waals surface area contributed by atoms with Gasteiger partial charge in [0.2, 0.25) is 7.37 Å². The van der Waals surface area contributed by atoms with Gasteiger partial charge in [0.1, 0.15) is 11.4 Å². The maximum Gasteiger partial charge on any atom is 0.332 e. The molecular weight excluding hydrogens is 750 g/mol. The van der Waals surface area contributed by atoms with Gasteiger partial charge < -0.3 is 23.5 Å². The summed E-state index contributed by atoms with van der Waals surface area (Å²) in [6.45, 7) is 38.1. The number of thioether (sulfide) groups is 2. The smallest absolute Gasteiger partial charge is 0.332 e. The van der Waals surface area contributed by atoms with Crippen LogP contribution in [-0.2, 0) is 56.1 Å². The van der Waals surface area contributed by atoms with Crippen molar-refractivity contribution in [2.24, 2.45) is 0 Å². The molecular formula is C36H82O12P2S2. The van der Waals surface area contributed by atoms with E-state index in [4.69, 9.17) is 27.9 Å². The number of ketones is 2. The second-order valence-corrected chi connectivity index (χ2v) is 23.1. The first-order chi connectivity index (χ1) is 25.8. The van der Waals surface area contributed by atoms with Crippen molar-refractivity contribution in [3.8, 4) is 0 Å². The van der Waals surface area contributed by atoms with E-state index in [0.717, 1.165) is 5.75 Å². The molecule has 0 aliphatic heterocycles. The Labute approximate surface area is 335 Å². The van der Waals surface area contributed by atoms with Crippen molar-refractivity contribution in [3.05, 3.63) is 0 Å². The maximum absolute atomic E-state index is 11.0.